The van der Waals surface area contributed by atoms with Crippen LogP contribution in [0.5, 0.6) is 0 Å². The van der Waals surface area contributed by atoms with E-state index in [0.29, 0.717) is 6.42 Å². The molecule has 0 radical (unpaired) electrons. The molecule has 0 rings (SSSR count). The van der Waals surface area contributed by atoms with Crippen molar-refractivity contribution in [3.05, 3.63) is 24.5 Å². The molecule has 0 saturated heterocycles. The Morgan fingerprint density at radius 1 is 0.500 bits per heavy atom. The van der Waals surface area contributed by atoms with Crippen LogP contribution in [-0.4, -0.2) is 43.3 Å². The second-order valence-electron chi connectivity index (χ2n) is 17.5. The van der Waals surface area contributed by atoms with Crippen LogP contribution < -0.4 is 5.73 Å². The van der Waals surface area contributed by atoms with Gasteiger partial charge in [0.05, 0.1) is 19.5 Å². The molecule has 0 fully saturated rings. The van der Waals surface area contributed by atoms with Gasteiger partial charge in [0.1, 0.15) is 6.61 Å². The molecule has 1 unspecified atom stereocenters. The average Bonchev–Trinajstić information content (AvgIpc) is 3.24. The first-order valence-corrected chi connectivity index (χ1v) is 27.4. The van der Waals surface area contributed by atoms with Gasteiger partial charge in [-0.2, -0.15) is 0 Å². The van der Waals surface area contributed by atoms with E-state index in [1.807, 2.05) is 6.08 Å². The Morgan fingerprint density at radius 2 is 0.850 bits per heavy atom. The molecule has 0 spiro atoms. The van der Waals surface area contributed by atoms with Crippen molar-refractivity contribution in [1.29, 1.82) is 0 Å². The summed E-state index contributed by atoms with van der Waals surface area (Å²) >= 11 is 0. The molecule has 8 nitrogen and oxygen atoms in total. The summed E-state index contributed by atoms with van der Waals surface area (Å²) in [4.78, 5) is 22.5. The first kappa shape index (κ1) is 58.8. The predicted octanol–water partition coefficient (Wildman–Crippen LogP) is 16.3. The van der Waals surface area contributed by atoms with Crippen molar-refractivity contribution in [1.82, 2.24) is 0 Å². The first-order chi connectivity index (χ1) is 29.4. The largest absolute Gasteiger partial charge is 0.498 e. The monoisotopic (exact) mass is 870 g/mol. The van der Waals surface area contributed by atoms with E-state index in [-0.39, 0.29) is 38.8 Å². The first-order valence-electron chi connectivity index (χ1n) is 25.9. The third-order valence-electron chi connectivity index (χ3n) is 11.4. The molecule has 0 bridgehead atoms. The predicted molar refractivity (Wildman–Crippen MR) is 256 cm³/mol. The zero-order valence-corrected chi connectivity index (χ0v) is 40.6. The molecular formula is C51H100NO7P. The highest BCUT2D eigenvalue weighted by molar-refractivity contribution is 7.47. The number of phosphoric ester groups is 1. The molecule has 356 valence electrons. The Bertz CT molecular complexity index is 977. The standard InChI is InChI=1S/C51H100NO7P/c1-3-5-7-9-11-13-15-17-19-21-23-24-25-26-27-28-30-32-34-36-38-40-42-44-51(53)59-50(49-58-60(54,55)57-47-45-52)48-56-46-43-41-39-37-35-33-31-29-22-20-18-16-14-12-10-8-6-4-2/h36,38,43,46,50H,3-35,37,39-42,44-45,47-49,52H2,1-2H3,(H,54,55)/b38-36+,46-43+/t50-/m1/s1. The summed E-state index contributed by atoms with van der Waals surface area (Å²) in [5.74, 6) is -0.378. The van der Waals surface area contributed by atoms with E-state index >= 15 is 0 Å². The number of unbranched alkanes of at least 4 members (excludes halogenated alkanes) is 35. The summed E-state index contributed by atoms with van der Waals surface area (Å²) < 4.78 is 33.3. The fraction of sp³-hybridized carbons (Fsp3) is 0.902. The maximum atomic E-state index is 12.6. The molecule has 9 heteroatoms. The van der Waals surface area contributed by atoms with Crippen molar-refractivity contribution in [2.24, 2.45) is 5.73 Å². The molecular weight excluding hydrogens is 770 g/mol. The van der Waals surface area contributed by atoms with Gasteiger partial charge in [0, 0.05) is 13.0 Å². The minimum Gasteiger partial charge on any atom is -0.498 e. The van der Waals surface area contributed by atoms with E-state index in [0.717, 1.165) is 25.7 Å². The SMILES string of the molecule is CCCCCCCCCCCCCCCCCC/C=C/OC[C@H](COP(=O)(O)OCCN)OC(=O)CCC/C=C/CCCCCCCCCCCCCCCCCCCC. The molecule has 0 aromatic rings. The van der Waals surface area contributed by atoms with E-state index in [9.17, 15) is 14.3 Å². The molecule has 0 aromatic heterocycles. The Balaban J connectivity index is 3.97. The lowest BCUT2D eigenvalue weighted by Crippen LogP contribution is -2.27. The van der Waals surface area contributed by atoms with Crippen molar-refractivity contribution in [3.8, 4) is 0 Å². The number of allylic oxidation sites excluding steroid dienone is 3. The Kier molecular flexibility index (Phi) is 47.9. The van der Waals surface area contributed by atoms with Gasteiger partial charge in [0.2, 0.25) is 0 Å². The van der Waals surface area contributed by atoms with Gasteiger partial charge in [0.25, 0.3) is 0 Å². The molecule has 0 heterocycles. The highest BCUT2D eigenvalue weighted by Gasteiger charge is 2.25. The highest BCUT2D eigenvalue weighted by atomic mass is 31.2. The average molecular weight is 870 g/mol. The summed E-state index contributed by atoms with van der Waals surface area (Å²) in [5, 5.41) is 0. The maximum absolute atomic E-state index is 12.6. The molecule has 3 N–H and O–H groups in total. The van der Waals surface area contributed by atoms with Crippen LogP contribution in [0.2, 0.25) is 0 Å². The van der Waals surface area contributed by atoms with Gasteiger partial charge in [0.15, 0.2) is 6.10 Å². The van der Waals surface area contributed by atoms with Crippen LogP contribution in [0.3, 0.4) is 0 Å². The summed E-state index contributed by atoms with van der Waals surface area (Å²) in [6, 6.07) is 0. The van der Waals surface area contributed by atoms with Crippen molar-refractivity contribution in [2.45, 2.75) is 270 Å². The van der Waals surface area contributed by atoms with Gasteiger partial charge < -0.3 is 20.1 Å². The van der Waals surface area contributed by atoms with Crippen LogP contribution in [0.25, 0.3) is 0 Å². The van der Waals surface area contributed by atoms with Gasteiger partial charge in [-0.25, -0.2) is 4.57 Å². The number of ether oxygens (including phenoxy) is 2. The molecule has 0 saturated carbocycles. The topological polar surface area (TPSA) is 117 Å². The number of carbonyl (C=O) groups is 1. The van der Waals surface area contributed by atoms with Crippen molar-refractivity contribution >= 4 is 13.8 Å². The van der Waals surface area contributed by atoms with Crippen LogP contribution in [0.1, 0.15) is 264 Å². The molecule has 0 amide bonds. The van der Waals surface area contributed by atoms with Crippen LogP contribution in [0.15, 0.2) is 24.5 Å². The minimum absolute atomic E-state index is 0.0252. The zero-order valence-electron chi connectivity index (χ0n) is 39.7. The van der Waals surface area contributed by atoms with Gasteiger partial charge in [-0.3, -0.25) is 13.8 Å². The fourth-order valence-corrected chi connectivity index (χ4v) is 8.38. The van der Waals surface area contributed by atoms with Crippen LogP contribution in [0, 0.1) is 0 Å². The highest BCUT2D eigenvalue weighted by Crippen LogP contribution is 2.43. The smallest absolute Gasteiger partial charge is 0.472 e. The minimum atomic E-state index is -4.30. The number of hydrogen-bond acceptors (Lipinski definition) is 7. The van der Waals surface area contributed by atoms with Crippen molar-refractivity contribution in [3.63, 3.8) is 0 Å². The van der Waals surface area contributed by atoms with E-state index in [1.54, 1.807) is 6.26 Å². The Hall–Kier alpha value is -1.18. The van der Waals surface area contributed by atoms with Crippen molar-refractivity contribution < 1.29 is 32.8 Å². The number of carbonyl (C=O) groups excluding carboxylic acids is 1. The van der Waals surface area contributed by atoms with Crippen LogP contribution in [0.4, 0.5) is 0 Å². The van der Waals surface area contributed by atoms with E-state index in [1.165, 1.54) is 212 Å². The number of rotatable bonds is 50. The van der Waals surface area contributed by atoms with E-state index < -0.39 is 13.9 Å². The van der Waals surface area contributed by atoms with Crippen LogP contribution >= 0.6 is 7.82 Å². The second-order valence-corrected chi connectivity index (χ2v) is 18.9. The molecule has 0 aliphatic heterocycles. The normalized spacial score (nSPS) is 13.4. The number of hydrogen-bond donors (Lipinski definition) is 2. The molecule has 2 atom stereocenters. The third-order valence-corrected chi connectivity index (χ3v) is 12.4. The van der Waals surface area contributed by atoms with Gasteiger partial charge in [-0.1, -0.05) is 231 Å². The quantitative estimate of drug-likeness (QED) is 0.0204. The summed E-state index contributed by atoms with van der Waals surface area (Å²) in [7, 11) is -4.30. The third kappa shape index (κ3) is 47.9. The number of nitrogens with two attached hydrogens (primary N) is 1. The number of esters is 1. The molecule has 0 aromatic carbocycles. The summed E-state index contributed by atoms with van der Waals surface area (Å²) in [6.45, 7) is 4.26. The lowest BCUT2D eigenvalue weighted by atomic mass is 10.0. The lowest BCUT2D eigenvalue weighted by molar-refractivity contribution is -0.153. The van der Waals surface area contributed by atoms with Gasteiger partial charge >= 0.3 is 13.8 Å². The van der Waals surface area contributed by atoms with Crippen molar-refractivity contribution in [2.75, 3.05) is 26.4 Å². The van der Waals surface area contributed by atoms with Gasteiger partial charge in [-0.05, 0) is 44.6 Å². The zero-order chi connectivity index (χ0) is 43.7. The lowest BCUT2D eigenvalue weighted by Gasteiger charge is -2.19. The molecule has 0 aliphatic rings. The molecule has 60 heavy (non-hydrogen) atoms. The summed E-state index contributed by atoms with van der Waals surface area (Å²) in [5.41, 5.74) is 5.38. The van der Waals surface area contributed by atoms with Crippen LogP contribution in [-0.2, 0) is 27.9 Å². The molecule has 0 aliphatic carbocycles. The second kappa shape index (κ2) is 48.8. The van der Waals surface area contributed by atoms with E-state index in [2.05, 4.69) is 26.0 Å². The fourth-order valence-electron chi connectivity index (χ4n) is 7.62. The Morgan fingerprint density at radius 3 is 1.23 bits per heavy atom. The van der Waals surface area contributed by atoms with Gasteiger partial charge in [-0.15, -0.1) is 0 Å². The Labute approximate surface area is 372 Å². The number of phosphoric acid groups is 1. The maximum Gasteiger partial charge on any atom is 0.472 e. The van der Waals surface area contributed by atoms with E-state index in [4.69, 9.17) is 24.3 Å². The summed E-state index contributed by atoms with van der Waals surface area (Å²) in [6.07, 6.45) is 57.5.